The summed E-state index contributed by atoms with van der Waals surface area (Å²) in [6.07, 6.45) is 1.68. The fourth-order valence-corrected chi connectivity index (χ4v) is 2.81. The van der Waals surface area contributed by atoms with Gasteiger partial charge in [0.05, 0.1) is 35.8 Å². The van der Waals surface area contributed by atoms with Crippen molar-refractivity contribution in [1.29, 1.82) is 0 Å². The molecule has 8 nitrogen and oxygen atoms in total. The number of rotatable bonds is 6. The second-order valence-electron chi connectivity index (χ2n) is 5.93. The zero-order chi connectivity index (χ0) is 18.7. The third-order valence-electron chi connectivity index (χ3n) is 3.63. The Labute approximate surface area is 154 Å². The molecule has 1 aromatic carbocycles. The lowest BCUT2D eigenvalue weighted by molar-refractivity contribution is 0.0824. The molecule has 9 heteroatoms. The van der Waals surface area contributed by atoms with Gasteiger partial charge in [-0.3, -0.25) is 4.79 Å². The number of anilines is 3. The van der Waals surface area contributed by atoms with Gasteiger partial charge < -0.3 is 25.1 Å². The number of hydrogen-bond donors (Lipinski definition) is 3. The van der Waals surface area contributed by atoms with Crippen LogP contribution in [0.2, 0.25) is 0 Å². The minimum atomic E-state index is -0.283. The SMILES string of the molecule is Cc1coc(CNc2nsnc2Nc2cccc(C(=O)N(C)C)c2O)c1. The first-order chi connectivity index (χ1) is 12.5. The predicted molar refractivity (Wildman–Crippen MR) is 100 cm³/mol. The smallest absolute Gasteiger partial charge is 0.257 e. The Bertz CT molecular complexity index is 919. The maximum atomic E-state index is 12.1. The Balaban J connectivity index is 1.77. The van der Waals surface area contributed by atoms with Gasteiger partial charge in [0.1, 0.15) is 5.76 Å². The molecule has 0 radical (unpaired) electrons. The number of nitrogens with one attached hydrogen (secondary N) is 2. The van der Waals surface area contributed by atoms with Crippen LogP contribution in [0.5, 0.6) is 5.75 Å². The molecule has 0 atom stereocenters. The van der Waals surface area contributed by atoms with Crippen LogP contribution in [-0.4, -0.2) is 38.8 Å². The highest BCUT2D eigenvalue weighted by Crippen LogP contribution is 2.32. The van der Waals surface area contributed by atoms with E-state index in [0.29, 0.717) is 23.9 Å². The molecule has 0 aliphatic rings. The van der Waals surface area contributed by atoms with Crippen molar-refractivity contribution >= 4 is 35.0 Å². The third-order valence-corrected chi connectivity index (χ3v) is 4.16. The van der Waals surface area contributed by atoms with Crippen molar-refractivity contribution < 1.29 is 14.3 Å². The summed E-state index contributed by atoms with van der Waals surface area (Å²) in [6.45, 7) is 2.41. The molecule has 0 fully saturated rings. The molecule has 0 bridgehead atoms. The molecule has 2 heterocycles. The van der Waals surface area contributed by atoms with Gasteiger partial charge in [0.25, 0.3) is 5.91 Å². The molecular weight excluding hydrogens is 354 g/mol. The monoisotopic (exact) mass is 373 g/mol. The van der Waals surface area contributed by atoms with Gasteiger partial charge in [0, 0.05) is 14.1 Å². The Morgan fingerprint density at radius 3 is 2.77 bits per heavy atom. The number of amides is 1. The molecule has 0 saturated heterocycles. The standard InChI is InChI=1S/C17H19N5O3S/c1-10-7-11(25-9-10)8-18-15-16(21-26-20-15)19-13-6-4-5-12(14(13)23)17(24)22(2)3/h4-7,9,23H,8H2,1-3H3,(H,18,20)(H,19,21). The number of aromatic nitrogens is 2. The maximum absolute atomic E-state index is 12.1. The number of aromatic hydroxyl groups is 1. The van der Waals surface area contributed by atoms with Crippen LogP contribution in [0.4, 0.5) is 17.3 Å². The molecule has 3 rings (SSSR count). The molecule has 1 amide bonds. The Hall–Kier alpha value is -3.07. The van der Waals surface area contributed by atoms with E-state index in [9.17, 15) is 9.90 Å². The summed E-state index contributed by atoms with van der Waals surface area (Å²) in [5.41, 5.74) is 1.63. The first kappa shape index (κ1) is 17.7. The van der Waals surface area contributed by atoms with E-state index in [1.807, 2.05) is 13.0 Å². The highest BCUT2D eigenvalue weighted by molar-refractivity contribution is 6.99. The van der Waals surface area contributed by atoms with E-state index < -0.39 is 0 Å². The number of nitrogens with zero attached hydrogens (tertiary/aromatic N) is 3. The van der Waals surface area contributed by atoms with Crippen LogP contribution < -0.4 is 10.6 Å². The van der Waals surface area contributed by atoms with Gasteiger partial charge in [-0.05, 0) is 30.7 Å². The van der Waals surface area contributed by atoms with E-state index in [1.54, 1.807) is 38.6 Å². The van der Waals surface area contributed by atoms with Crippen molar-refractivity contribution in [3.8, 4) is 5.75 Å². The molecule has 0 aliphatic heterocycles. The van der Waals surface area contributed by atoms with Crippen LogP contribution in [0.25, 0.3) is 0 Å². The quantitative estimate of drug-likeness (QED) is 0.570. The molecule has 2 aromatic heterocycles. The molecule has 136 valence electrons. The van der Waals surface area contributed by atoms with Gasteiger partial charge in [-0.25, -0.2) is 0 Å². The minimum absolute atomic E-state index is 0.133. The van der Waals surface area contributed by atoms with Crippen LogP contribution in [0, 0.1) is 6.92 Å². The first-order valence-electron chi connectivity index (χ1n) is 7.87. The maximum Gasteiger partial charge on any atom is 0.257 e. The molecule has 3 N–H and O–H groups in total. The lowest BCUT2D eigenvalue weighted by atomic mass is 10.1. The summed E-state index contributed by atoms with van der Waals surface area (Å²) in [4.78, 5) is 13.5. The summed E-state index contributed by atoms with van der Waals surface area (Å²) >= 11 is 1.03. The average molecular weight is 373 g/mol. The van der Waals surface area contributed by atoms with Crippen molar-refractivity contribution in [1.82, 2.24) is 13.6 Å². The summed E-state index contributed by atoms with van der Waals surface area (Å²) in [5, 5.41) is 16.6. The number of carbonyl (C=O) groups excluding carboxylic acids is 1. The van der Waals surface area contributed by atoms with Gasteiger partial charge in [0.15, 0.2) is 17.4 Å². The molecule has 26 heavy (non-hydrogen) atoms. The number of para-hydroxylation sites is 1. The van der Waals surface area contributed by atoms with Crippen LogP contribution in [0.1, 0.15) is 21.7 Å². The lowest BCUT2D eigenvalue weighted by Crippen LogP contribution is -2.21. The normalized spacial score (nSPS) is 10.6. The fraction of sp³-hybridized carbons (Fsp3) is 0.235. The molecule has 0 aliphatic carbocycles. The Morgan fingerprint density at radius 2 is 2.08 bits per heavy atom. The largest absolute Gasteiger partial charge is 0.505 e. The Kier molecular flexibility index (Phi) is 5.08. The van der Waals surface area contributed by atoms with E-state index in [-0.39, 0.29) is 17.2 Å². The van der Waals surface area contributed by atoms with Crippen molar-refractivity contribution in [3.05, 3.63) is 47.4 Å². The highest BCUT2D eigenvalue weighted by Gasteiger charge is 2.17. The fourth-order valence-electron chi connectivity index (χ4n) is 2.33. The summed E-state index contributed by atoms with van der Waals surface area (Å²) in [6, 6.07) is 6.86. The third kappa shape index (κ3) is 3.77. The molecule has 0 spiro atoms. The minimum Gasteiger partial charge on any atom is -0.505 e. The predicted octanol–water partition coefficient (Wildman–Crippen LogP) is 3.20. The second kappa shape index (κ2) is 7.44. The van der Waals surface area contributed by atoms with Crippen LogP contribution in [-0.2, 0) is 6.54 Å². The number of hydrogen-bond acceptors (Lipinski definition) is 8. The van der Waals surface area contributed by atoms with E-state index in [1.165, 1.54) is 4.90 Å². The van der Waals surface area contributed by atoms with Gasteiger partial charge in [-0.2, -0.15) is 8.75 Å². The van der Waals surface area contributed by atoms with Gasteiger partial charge in [-0.15, -0.1) is 0 Å². The lowest BCUT2D eigenvalue weighted by Gasteiger charge is -2.14. The van der Waals surface area contributed by atoms with Crippen molar-refractivity contribution in [2.75, 3.05) is 24.7 Å². The van der Waals surface area contributed by atoms with Crippen molar-refractivity contribution in [3.63, 3.8) is 0 Å². The van der Waals surface area contributed by atoms with E-state index in [2.05, 4.69) is 19.4 Å². The number of benzene rings is 1. The number of aryl methyl sites for hydroxylation is 1. The molecule has 3 aromatic rings. The number of phenolic OH excluding ortho intramolecular Hbond substituents is 1. The van der Waals surface area contributed by atoms with Gasteiger partial charge in [0.2, 0.25) is 0 Å². The zero-order valence-corrected chi connectivity index (χ0v) is 15.4. The highest BCUT2D eigenvalue weighted by atomic mass is 32.1. The first-order valence-corrected chi connectivity index (χ1v) is 8.60. The van der Waals surface area contributed by atoms with Crippen molar-refractivity contribution in [2.45, 2.75) is 13.5 Å². The van der Waals surface area contributed by atoms with E-state index in [0.717, 1.165) is 23.1 Å². The van der Waals surface area contributed by atoms with Crippen LogP contribution >= 0.6 is 11.7 Å². The summed E-state index contributed by atoms with van der Waals surface area (Å²) in [7, 11) is 3.26. The zero-order valence-electron chi connectivity index (χ0n) is 14.6. The van der Waals surface area contributed by atoms with Crippen LogP contribution in [0.15, 0.2) is 34.9 Å². The topological polar surface area (TPSA) is 104 Å². The molecular formula is C17H19N5O3S. The second-order valence-corrected chi connectivity index (χ2v) is 6.46. The Morgan fingerprint density at radius 1 is 1.31 bits per heavy atom. The summed E-state index contributed by atoms with van der Waals surface area (Å²) < 4.78 is 13.8. The molecule has 0 unspecified atom stereocenters. The summed E-state index contributed by atoms with van der Waals surface area (Å²) in [5.74, 6) is 1.36. The van der Waals surface area contributed by atoms with Gasteiger partial charge >= 0.3 is 0 Å². The number of furan rings is 1. The van der Waals surface area contributed by atoms with Crippen LogP contribution in [0.3, 0.4) is 0 Å². The van der Waals surface area contributed by atoms with E-state index >= 15 is 0 Å². The average Bonchev–Trinajstić information content (AvgIpc) is 3.23. The number of carbonyl (C=O) groups is 1. The number of phenols is 1. The van der Waals surface area contributed by atoms with Crippen molar-refractivity contribution in [2.24, 2.45) is 0 Å². The van der Waals surface area contributed by atoms with E-state index in [4.69, 9.17) is 4.42 Å². The van der Waals surface area contributed by atoms with Gasteiger partial charge in [-0.1, -0.05) is 6.07 Å². The molecule has 0 saturated carbocycles.